The van der Waals surface area contributed by atoms with Crippen LogP contribution < -0.4 is 10.1 Å². The number of methoxy groups -OCH3 is 1. The lowest BCUT2D eigenvalue weighted by Gasteiger charge is -2.10. The highest BCUT2D eigenvalue weighted by molar-refractivity contribution is 7.18. The van der Waals surface area contributed by atoms with Gasteiger partial charge in [0.1, 0.15) is 17.2 Å². The molecule has 31 heavy (non-hydrogen) atoms. The number of thiazole rings is 1. The lowest BCUT2D eigenvalue weighted by molar-refractivity contribution is 0.412. The highest BCUT2D eigenvalue weighted by Crippen LogP contribution is 2.36. The third kappa shape index (κ3) is 4.61. The van der Waals surface area contributed by atoms with E-state index in [4.69, 9.17) is 9.72 Å². The zero-order valence-electron chi connectivity index (χ0n) is 17.5. The second-order valence-corrected chi connectivity index (χ2v) is 7.88. The van der Waals surface area contributed by atoms with Gasteiger partial charge in [-0.05, 0) is 37.6 Å². The van der Waals surface area contributed by atoms with Crippen molar-refractivity contribution >= 4 is 16.5 Å². The summed E-state index contributed by atoms with van der Waals surface area (Å²) in [4.78, 5) is 23.4. The van der Waals surface area contributed by atoms with Crippen molar-refractivity contribution in [2.24, 2.45) is 0 Å². The molecule has 2 N–H and O–H groups in total. The number of aromatic hydroxyl groups is 1. The molecule has 3 heterocycles. The highest BCUT2D eigenvalue weighted by atomic mass is 32.1. The number of aryl methyl sites for hydroxylation is 1. The highest BCUT2D eigenvalue weighted by Gasteiger charge is 2.16. The molecule has 0 aliphatic carbocycles. The quantitative estimate of drug-likeness (QED) is 0.436. The monoisotopic (exact) mass is 434 g/mol. The molecule has 0 radical (unpaired) electrons. The molecule has 0 fully saturated rings. The van der Waals surface area contributed by atoms with Gasteiger partial charge in [0.2, 0.25) is 0 Å². The Balaban J connectivity index is 1.85. The van der Waals surface area contributed by atoms with E-state index in [-0.39, 0.29) is 5.75 Å². The van der Waals surface area contributed by atoms with Crippen LogP contribution in [0.25, 0.3) is 33.3 Å². The Morgan fingerprint density at radius 2 is 1.84 bits per heavy atom. The summed E-state index contributed by atoms with van der Waals surface area (Å²) in [6.07, 6.45) is 6.11. The average Bonchev–Trinajstić information content (AvgIpc) is 3.27. The predicted molar refractivity (Wildman–Crippen MR) is 121 cm³/mol. The molecule has 0 aliphatic rings. The minimum atomic E-state index is 0.0981. The second kappa shape index (κ2) is 9.05. The third-order valence-corrected chi connectivity index (χ3v) is 5.48. The molecule has 1 aromatic carbocycles. The topological polar surface area (TPSA) is 106 Å². The average molecular weight is 435 g/mol. The molecule has 0 saturated heterocycles. The normalized spacial score (nSPS) is 10.8. The Hall–Kier alpha value is -3.59. The summed E-state index contributed by atoms with van der Waals surface area (Å²) >= 11 is 1.51. The van der Waals surface area contributed by atoms with Crippen molar-refractivity contribution in [3.63, 3.8) is 0 Å². The van der Waals surface area contributed by atoms with Crippen molar-refractivity contribution in [3.05, 3.63) is 48.5 Å². The van der Waals surface area contributed by atoms with E-state index in [1.807, 2.05) is 13.0 Å². The van der Waals surface area contributed by atoms with Crippen LogP contribution in [0.2, 0.25) is 0 Å². The number of anilines is 1. The number of nitrogens with one attached hydrogen (secondary N) is 1. The minimum absolute atomic E-state index is 0.0981. The predicted octanol–water partition coefficient (Wildman–Crippen LogP) is 4.57. The van der Waals surface area contributed by atoms with Crippen LogP contribution in [-0.2, 0) is 0 Å². The maximum Gasteiger partial charge on any atom is 0.183 e. The number of hydrogen-bond acceptors (Lipinski definition) is 9. The minimum Gasteiger partial charge on any atom is -0.507 e. The smallest absolute Gasteiger partial charge is 0.183 e. The molecule has 0 atom stereocenters. The molecule has 4 aromatic rings. The zero-order chi connectivity index (χ0) is 21.8. The maximum absolute atomic E-state index is 10.5. The number of phenolic OH excluding ortho intramolecular Hbond substituents is 1. The lowest BCUT2D eigenvalue weighted by atomic mass is 10.1. The van der Waals surface area contributed by atoms with Gasteiger partial charge in [-0.1, -0.05) is 18.3 Å². The number of benzene rings is 1. The van der Waals surface area contributed by atoms with Gasteiger partial charge in [-0.2, -0.15) is 0 Å². The van der Waals surface area contributed by atoms with Crippen LogP contribution in [0.1, 0.15) is 19.0 Å². The number of rotatable bonds is 7. The van der Waals surface area contributed by atoms with Gasteiger partial charge >= 0.3 is 0 Å². The Bertz CT molecular complexity index is 1190. The summed E-state index contributed by atoms with van der Waals surface area (Å²) in [6.45, 7) is 4.83. The Morgan fingerprint density at radius 3 is 2.58 bits per heavy atom. The lowest BCUT2D eigenvalue weighted by Crippen LogP contribution is -1.98. The molecule has 0 bridgehead atoms. The Labute approximate surface area is 184 Å². The first-order valence-corrected chi connectivity index (χ1v) is 10.6. The van der Waals surface area contributed by atoms with Crippen LogP contribution in [-0.4, -0.2) is 43.7 Å². The zero-order valence-corrected chi connectivity index (χ0v) is 18.3. The fourth-order valence-electron chi connectivity index (χ4n) is 2.89. The van der Waals surface area contributed by atoms with E-state index in [1.165, 1.54) is 11.3 Å². The number of ether oxygens (including phenoxy) is 1. The van der Waals surface area contributed by atoms with Gasteiger partial charge in [0.05, 0.1) is 35.3 Å². The maximum atomic E-state index is 10.5. The van der Waals surface area contributed by atoms with Gasteiger partial charge in [-0.25, -0.2) is 19.9 Å². The molecule has 4 rings (SSSR count). The number of nitrogens with zero attached hydrogens (tertiary/aromatic N) is 5. The summed E-state index contributed by atoms with van der Waals surface area (Å²) in [5.41, 5.74) is 3.13. The van der Waals surface area contributed by atoms with Crippen LogP contribution in [0, 0.1) is 6.92 Å². The van der Waals surface area contributed by atoms with E-state index >= 15 is 0 Å². The van der Waals surface area contributed by atoms with Gasteiger partial charge in [0.15, 0.2) is 11.0 Å². The van der Waals surface area contributed by atoms with Crippen molar-refractivity contribution in [2.45, 2.75) is 20.3 Å². The molecular formula is C22H22N6O2S. The molecule has 9 heteroatoms. The van der Waals surface area contributed by atoms with E-state index in [2.05, 4.69) is 32.2 Å². The van der Waals surface area contributed by atoms with E-state index in [9.17, 15) is 5.11 Å². The van der Waals surface area contributed by atoms with Crippen LogP contribution in [0.5, 0.6) is 11.5 Å². The first-order chi connectivity index (χ1) is 15.1. The summed E-state index contributed by atoms with van der Waals surface area (Å²) in [6, 6.07) is 6.85. The number of phenols is 1. The van der Waals surface area contributed by atoms with Crippen molar-refractivity contribution in [1.29, 1.82) is 0 Å². The fraction of sp³-hybridized carbons (Fsp3) is 0.227. The Morgan fingerprint density at radius 1 is 1.00 bits per heavy atom. The third-order valence-electron chi connectivity index (χ3n) is 4.50. The summed E-state index contributed by atoms with van der Waals surface area (Å²) in [7, 11) is 1.58. The summed E-state index contributed by atoms with van der Waals surface area (Å²) in [5.74, 6) is 1.13. The van der Waals surface area contributed by atoms with E-state index in [0.717, 1.165) is 28.7 Å². The fourth-order valence-corrected chi connectivity index (χ4v) is 3.69. The van der Waals surface area contributed by atoms with Crippen molar-refractivity contribution in [3.8, 4) is 44.8 Å². The van der Waals surface area contributed by atoms with E-state index in [0.29, 0.717) is 34.2 Å². The van der Waals surface area contributed by atoms with Crippen LogP contribution in [0.4, 0.5) is 5.13 Å². The van der Waals surface area contributed by atoms with E-state index < -0.39 is 0 Å². The van der Waals surface area contributed by atoms with Gasteiger partial charge in [-0.15, -0.1) is 0 Å². The molecule has 3 aromatic heterocycles. The van der Waals surface area contributed by atoms with Gasteiger partial charge in [0, 0.05) is 24.5 Å². The molecule has 0 amide bonds. The molecule has 8 nitrogen and oxygen atoms in total. The second-order valence-electron chi connectivity index (χ2n) is 6.84. The number of aromatic nitrogens is 5. The summed E-state index contributed by atoms with van der Waals surface area (Å²) in [5, 5.41) is 14.6. The van der Waals surface area contributed by atoms with Gasteiger partial charge in [0.25, 0.3) is 0 Å². The summed E-state index contributed by atoms with van der Waals surface area (Å²) < 4.78 is 5.32. The molecule has 158 valence electrons. The SMILES string of the molecule is CCCNc1ncc(-c2cc(-c3cc(OC)ccc3O)nc(-c3cnc(C)cn3)n2)s1. The van der Waals surface area contributed by atoms with Crippen LogP contribution >= 0.6 is 11.3 Å². The Kier molecular flexibility index (Phi) is 6.03. The van der Waals surface area contributed by atoms with Crippen LogP contribution in [0.15, 0.2) is 42.9 Å². The largest absolute Gasteiger partial charge is 0.507 e. The van der Waals surface area contributed by atoms with Crippen molar-refractivity contribution < 1.29 is 9.84 Å². The molecule has 0 spiro atoms. The first kappa shape index (κ1) is 20.7. The van der Waals surface area contributed by atoms with Crippen molar-refractivity contribution in [1.82, 2.24) is 24.9 Å². The molecular weight excluding hydrogens is 412 g/mol. The molecule has 0 unspecified atom stereocenters. The molecule has 0 aliphatic heterocycles. The van der Waals surface area contributed by atoms with Gasteiger partial charge < -0.3 is 15.2 Å². The standard InChI is InChI=1S/C22H22N6O2S/c1-4-7-23-22-26-12-20(31-22)17-9-16(15-8-14(30-3)5-6-19(15)29)27-21(28-17)18-11-24-13(2)10-25-18/h5-6,8-12,29H,4,7H2,1-3H3,(H,23,26). The van der Waals surface area contributed by atoms with Crippen LogP contribution in [0.3, 0.4) is 0 Å². The first-order valence-electron chi connectivity index (χ1n) is 9.83. The van der Waals surface area contributed by atoms with E-state index in [1.54, 1.807) is 43.9 Å². The number of hydrogen-bond donors (Lipinski definition) is 2. The van der Waals surface area contributed by atoms with Crippen molar-refractivity contribution in [2.75, 3.05) is 19.0 Å². The molecule has 0 saturated carbocycles. The van der Waals surface area contributed by atoms with Gasteiger partial charge in [-0.3, -0.25) is 4.98 Å².